The Bertz CT molecular complexity index is 588. The van der Waals surface area contributed by atoms with Crippen LogP contribution in [0.15, 0.2) is 23.2 Å². The zero-order valence-electron chi connectivity index (χ0n) is 15.2. The topological polar surface area (TPSA) is 74.8 Å². The fraction of sp³-hybridized carbons (Fsp3) is 0.556. The Kier molecular flexibility index (Phi) is 9.62. The molecule has 3 N–H and O–H groups in total. The highest BCUT2D eigenvalue weighted by molar-refractivity contribution is 14.0. The van der Waals surface area contributed by atoms with Crippen LogP contribution in [0, 0.1) is 6.92 Å². The van der Waals surface area contributed by atoms with Gasteiger partial charge in [0.05, 0.1) is 7.11 Å². The molecule has 7 heteroatoms. The lowest BCUT2D eigenvalue weighted by Crippen LogP contribution is -2.37. The van der Waals surface area contributed by atoms with Gasteiger partial charge in [0.25, 0.3) is 0 Å². The smallest absolute Gasteiger partial charge is 0.220 e. The number of guanidine groups is 1. The Balaban J connectivity index is 0.00000312. The van der Waals surface area contributed by atoms with Crippen molar-refractivity contribution in [3.8, 4) is 5.75 Å². The van der Waals surface area contributed by atoms with Gasteiger partial charge in [0.15, 0.2) is 5.96 Å². The molecule has 0 bridgehead atoms. The van der Waals surface area contributed by atoms with Crippen molar-refractivity contribution in [2.75, 3.05) is 20.7 Å². The number of carbonyl (C=O) groups is 1. The molecule has 1 amide bonds. The molecule has 1 saturated carbocycles. The molecule has 1 aliphatic carbocycles. The SMILES string of the molecule is CN=C(NCCCC(=O)NC1CC1)NCc1ccc(C)cc1OC.I. The molecule has 0 aliphatic heterocycles. The number of nitrogens with one attached hydrogen (secondary N) is 3. The molecule has 2 rings (SSSR count). The summed E-state index contributed by atoms with van der Waals surface area (Å²) < 4.78 is 5.41. The third kappa shape index (κ3) is 7.94. The van der Waals surface area contributed by atoms with Crippen molar-refractivity contribution in [1.82, 2.24) is 16.0 Å². The number of aryl methyl sites for hydroxylation is 1. The maximum absolute atomic E-state index is 11.6. The number of amides is 1. The van der Waals surface area contributed by atoms with E-state index in [9.17, 15) is 4.79 Å². The lowest BCUT2D eigenvalue weighted by molar-refractivity contribution is -0.121. The molecule has 1 aliphatic rings. The number of carbonyl (C=O) groups excluding carboxylic acids is 1. The predicted octanol–water partition coefficient (Wildman–Crippen LogP) is 2.35. The van der Waals surface area contributed by atoms with Crippen LogP contribution in [0.4, 0.5) is 0 Å². The summed E-state index contributed by atoms with van der Waals surface area (Å²) >= 11 is 0. The van der Waals surface area contributed by atoms with Crippen LogP contribution in [-0.2, 0) is 11.3 Å². The van der Waals surface area contributed by atoms with Gasteiger partial charge in [-0.1, -0.05) is 12.1 Å². The zero-order valence-corrected chi connectivity index (χ0v) is 17.6. The number of benzene rings is 1. The number of hydrogen-bond acceptors (Lipinski definition) is 3. The fourth-order valence-electron chi connectivity index (χ4n) is 2.38. The second-order valence-electron chi connectivity index (χ2n) is 6.11. The third-order valence-corrected chi connectivity index (χ3v) is 3.93. The zero-order chi connectivity index (χ0) is 17.4. The molecule has 0 heterocycles. The number of halogens is 1. The van der Waals surface area contributed by atoms with Gasteiger partial charge < -0.3 is 20.7 Å². The van der Waals surface area contributed by atoms with E-state index in [2.05, 4.69) is 33.1 Å². The lowest BCUT2D eigenvalue weighted by Gasteiger charge is -2.14. The summed E-state index contributed by atoms with van der Waals surface area (Å²) in [4.78, 5) is 15.8. The van der Waals surface area contributed by atoms with E-state index in [0.29, 0.717) is 25.6 Å². The van der Waals surface area contributed by atoms with Gasteiger partial charge in [-0.05, 0) is 37.8 Å². The van der Waals surface area contributed by atoms with Gasteiger partial charge in [0.2, 0.25) is 5.91 Å². The second kappa shape index (κ2) is 11.2. The maximum atomic E-state index is 11.6. The van der Waals surface area contributed by atoms with Gasteiger partial charge >= 0.3 is 0 Å². The van der Waals surface area contributed by atoms with Crippen LogP contribution in [0.1, 0.15) is 36.8 Å². The van der Waals surface area contributed by atoms with Gasteiger partial charge in [0.1, 0.15) is 5.75 Å². The molecule has 0 spiro atoms. The normalized spacial score (nSPS) is 13.6. The van der Waals surface area contributed by atoms with Crippen molar-refractivity contribution in [1.29, 1.82) is 0 Å². The molecule has 140 valence electrons. The monoisotopic (exact) mass is 460 g/mol. The second-order valence-corrected chi connectivity index (χ2v) is 6.11. The average molecular weight is 460 g/mol. The Morgan fingerprint density at radius 1 is 1.32 bits per heavy atom. The Labute approximate surface area is 167 Å². The van der Waals surface area contributed by atoms with E-state index in [-0.39, 0.29) is 29.9 Å². The molecule has 0 radical (unpaired) electrons. The van der Waals surface area contributed by atoms with Crippen LogP contribution in [0.3, 0.4) is 0 Å². The first-order chi connectivity index (χ1) is 11.6. The minimum Gasteiger partial charge on any atom is -0.496 e. The number of ether oxygens (including phenoxy) is 1. The molecule has 0 saturated heterocycles. The Morgan fingerprint density at radius 2 is 2.08 bits per heavy atom. The summed E-state index contributed by atoms with van der Waals surface area (Å²) in [6, 6.07) is 6.57. The molecule has 1 aromatic carbocycles. The van der Waals surface area contributed by atoms with Crippen LogP contribution < -0.4 is 20.7 Å². The van der Waals surface area contributed by atoms with E-state index < -0.39 is 0 Å². The van der Waals surface area contributed by atoms with Gasteiger partial charge in [0, 0.05) is 38.2 Å². The van der Waals surface area contributed by atoms with Crippen LogP contribution >= 0.6 is 24.0 Å². The highest BCUT2D eigenvalue weighted by Crippen LogP contribution is 2.19. The molecule has 25 heavy (non-hydrogen) atoms. The quantitative estimate of drug-likeness (QED) is 0.241. The van der Waals surface area contributed by atoms with Gasteiger partial charge in [-0.3, -0.25) is 9.79 Å². The van der Waals surface area contributed by atoms with Crippen molar-refractivity contribution in [3.05, 3.63) is 29.3 Å². The average Bonchev–Trinajstić information content (AvgIpc) is 3.38. The number of aliphatic imine (C=N–C) groups is 1. The van der Waals surface area contributed by atoms with E-state index in [1.807, 2.05) is 13.0 Å². The number of hydrogen-bond donors (Lipinski definition) is 3. The van der Waals surface area contributed by atoms with Crippen LogP contribution in [0.25, 0.3) is 0 Å². The van der Waals surface area contributed by atoms with Crippen molar-refractivity contribution in [3.63, 3.8) is 0 Å². The fourth-order valence-corrected chi connectivity index (χ4v) is 2.38. The largest absolute Gasteiger partial charge is 0.496 e. The number of nitrogens with zero attached hydrogens (tertiary/aromatic N) is 1. The van der Waals surface area contributed by atoms with E-state index in [0.717, 1.165) is 36.5 Å². The van der Waals surface area contributed by atoms with E-state index in [4.69, 9.17) is 4.74 Å². The summed E-state index contributed by atoms with van der Waals surface area (Å²) in [6.07, 6.45) is 3.59. The predicted molar refractivity (Wildman–Crippen MR) is 112 cm³/mol. The molecule has 6 nitrogen and oxygen atoms in total. The highest BCUT2D eigenvalue weighted by Gasteiger charge is 2.22. The summed E-state index contributed by atoms with van der Waals surface area (Å²) in [5, 5.41) is 9.49. The van der Waals surface area contributed by atoms with Crippen LogP contribution in [0.5, 0.6) is 5.75 Å². The molecule has 0 atom stereocenters. The molecular formula is C18H29IN4O2. The molecule has 1 aromatic rings. The standard InChI is InChI=1S/C18H28N4O2.HI/c1-13-6-7-14(16(11-13)24-3)12-21-18(19-2)20-10-4-5-17(23)22-15-8-9-15;/h6-7,11,15H,4-5,8-10,12H2,1-3H3,(H,22,23)(H2,19,20,21);1H. The summed E-state index contributed by atoms with van der Waals surface area (Å²) in [5.74, 6) is 1.74. The third-order valence-electron chi connectivity index (χ3n) is 3.93. The van der Waals surface area contributed by atoms with E-state index in [1.165, 1.54) is 5.56 Å². The first-order valence-electron chi connectivity index (χ1n) is 8.49. The molecule has 0 unspecified atom stereocenters. The Hall–Kier alpha value is -1.51. The summed E-state index contributed by atoms with van der Waals surface area (Å²) in [7, 11) is 3.42. The van der Waals surface area contributed by atoms with Crippen molar-refractivity contribution in [2.24, 2.45) is 4.99 Å². The molecule has 1 fully saturated rings. The maximum Gasteiger partial charge on any atom is 0.220 e. The highest BCUT2D eigenvalue weighted by atomic mass is 127. The van der Waals surface area contributed by atoms with Crippen molar-refractivity contribution in [2.45, 2.75) is 45.2 Å². The van der Waals surface area contributed by atoms with Crippen LogP contribution in [-0.4, -0.2) is 38.6 Å². The minimum absolute atomic E-state index is 0. The minimum atomic E-state index is 0. The van der Waals surface area contributed by atoms with Gasteiger partial charge in [-0.25, -0.2) is 0 Å². The first kappa shape index (κ1) is 21.5. The van der Waals surface area contributed by atoms with Gasteiger partial charge in [-0.15, -0.1) is 24.0 Å². The lowest BCUT2D eigenvalue weighted by atomic mass is 10.1. The number of rotatable bonds is 8. The van der Waals surface area contributed by atoms with Crippen molar-refractivity contribution < 1.29 is 9.53 Å². The summed E-state index contributed by atoms with van der Waals surface area (Å²) in [5.41, 5.74) is 2.25. The van der Waals surface area contributed by atoms with Crippen molar-refractivity contribution >= 4 is 35.8 Å². The summed E-state index contributed by atoms with van der Waals surface area (Å²) in [6.45, 7) is 3.38. The van der Waals surface area contributed by atoms with E-state index >= 15 is 0 Å². The molecule has 0 aromatic heterocycles. The van der Waals surface area contributed by atoms with E-state index in [1.54, 1.807) is 14.2 Å². The number of methoxy groups -OCH3 is 1. The Morgan fingerprint density at radius 3 is 2.72 bits per heavy atom. The van der Waals surface area contributed by atoms with Crippen LogP contribution in [0.2, 0.25) is 0 Å². The molecular weight excluding hydrogens is 431 g/mol. The first-order valence-corrected chi connectivity index (χ1v) is 8.49. The van der Waals surface area contributed by atoms with Gasteiger partial charge in [-0.2, -0.15) is 0 Å².